The smallest absolute Gasteiger partial charge is 0.252 e. The highest BCUT2D eigenvalue weighted by Crippen LogP contribution is 2.28. The fraction of sp³-hybridized carbons (Fsp3) is 0.471. The van der Waals surface area contributed by atoms with Crippen molar-refractivity contribution < 1.29 is 33.1 Å². The Labute approximate surface area is 272 Å². The van der Waals surface area contributed by atoms with Crippen molar-refractivity contribution in [3.8, 4) is 22.9 Å². The molecule has 0 spiro atoms. The van der Waals surface area contributed by atoms with Crippen LogP contribution in [0.4, 0.5) is 11.4 Å². The molecular weight excluding hydrogens is 604 g/mol. The zero-order chi connectivity index (χ0) is 32.3. The van der Waals surface area contributed by atoms with Gasteiger partial charge in [0.25, 0.3) is 11.8 Å². The Hall–Kier alpha value is -4.62. The maximum Gasteiger partial charge on any atom is 0.252 e. The van der Waals surface area contributed by atoms with Crippen LogP contribution < -0.4 is 10.6 Å². The van der Waals surface area contributed by atoms with Crippen molar-refractivity contribution in [2.24, 2.45) is 0 Å². The first kappa shape index (κ1) is 31.0. The molecule has 2 aromatic carbocycles. The highest BCUT2D eigenvalue weighted by molar-refractivity contribution is 5.99. The van der Waals surface area contributed by atoms with Gasteiger partial charge in [0.1, 0.15) is 24.3 Å². The van der Waals surface area contributed by atoms with Crippen LogP contribution in [0.5, 0.6) is 0 Å². The van der Waals surface area contributed by atoms with Gasteiger partial charge in [0.05, 0.1) is 0 Å². The summed E-state index contributed by atoms with van der Waals surface area (Å²) in [5, 5.41) is 14.2. The first-order chi connectivity index (χ1) is 22.9. The number of carbonyl (C=O) groups excluding carboxylic acids is 4. The molecule has 13 nitrogen and oxygen atoms in total. The Balaban J connectivity index is 0.940. The number of hydrogen-bond acceptors (Lipinski definition) is 9. The molecule has 13 heteroatoms. The van der Waals surface area contributed by atoms with Gasteiger partial charge >= 0.3 is 0 Å². The van der Waals surface area contributed by atoms with E-state index in [4.69, 9.17) is 13.9 Å². The third kappa shape index (κ3) is 6.63. The van der Waals surface area contributed by atoms with Crippen LogP contribution >= 0.6 is 0 Å². The molecule has 7 rings (SSSR count). The fourth-order valence-corrected chi connectivity index (χ4v) is 6.82. The molecule has 4 aliphatic heterocycles. The summed E-state index contributed by atoms with van der Waals surface area (Å²) >= 11 is 0. The predicted octanol–water partition coefficient (Wildman–Crippen LogP) is 3.62. The van der Waals surface area contributed by atoms with Crippen LogP contribution in [0.3, 0.4) is 0 Å². The largest absolute Gasteiger partial charge is 0.416 e. The molecule has 4 fully saturated rings. The zero-order valence-electron chi connectivity index (χ0n) is 26.1. The van der Waals surface area contributed by atoms with E-state index in [0.717, 1.165) is 25.7 Å². The van der Waals surface area contributed by atoms with Crippen molar-refractivity contribution in [3.05, 3.63) is 48.5 Å². The first-order valence-electron chi connectivity index (χ1n) is 16.4. The van der Waals surface area contributed by atoms with Gasteiger partial charge in [-0.15, -0.1) is 10.2 Å². The van der Waals surface area contributed by atoms with E-state index in [1.165, 1.54) is 0 Å². The molecular formula is C34H38N6O7. The Bertz CT molecular complexity index is 1490. The van der Waals surface area contributed by atoms with Crippen LogP contribution in [0.25, 0.3) is 22.9 Å². The number of nitrogens with zero attached hydrogens (tertiary/aromatic N) is 4. The highest BCUT2D eigenvalue weighted by Gasteiger charge is 2.39. The van der Waals surface area contributed by atoms with Gasteiger partial charge in [-0.2, -0.15) is 0 Å². The van der Waals surface area contributed by atoms with Crippen molar-refractivity contribution in [1.29, 1.82) is 0 Å². The molecule has 0 aliphatic carbocycles. The number of aromatic nitrogens is 2. The van der Waals surface area contributed by atoms with Crippen LogP contribution in [0, 0.1) is 0 Å². The fourth-order valence-electron chi connectivity index (χ4n) is 6.82. The minimum atomic E-state index is -0.511. The summed E-state index contributed by atoms with van der Waals surface area (Å²) in [6.45, 7) is 2.29. The Morgan fingerprint density at radius 2 is 1.02 bits per heavy atom. The summed E-state index contributed by atoms with van der Waals surface area (Å²) in [5.74, 6) is 0.0121. The topological polar surface area (TPSA) is 156 Å². The van der Waals surface area contributed by atoms with Crippen molar-refractivity contribution in [1.82, 2.24) is 20.0 Å². The van der Waals surface area contributed by atoms with Gasteiger partial charge in [-0.1, -0.05) is 0 Å². The molecule has 4 aliphatic rings. The van der Waals surface area contributed by atoms with E-state index >= 15 is 0 Å². The van der Waals surface area contributed by atoms with Gasteiger partial charge < -0.3 is 34.3 Å². The first-order valence-corrected chi connectivity index (χ1v) is 16.4. The highest BCUT2D eigenvalue weighted by atomic mass is 16.5. The molecule has 0 saturated carbocycles. The average Bonchev–Trinajstić information content (AvgIpc) is 3.93. The number of amides is 4. The van der Waals surface area contributed by atoms with Crippen molar-refractivity contribution in [2.45, 2.75) is 75.7 Å². The summed E-state index contributed by atoms with van der Waals surface area (Å²) in [6.07, 6.45) is 5.05. The Kier molecular flexibility index (Phi) is 8.99. The van der Waals surface area contributed by atoms with Gasteiger partial charge in [-0.05, 0) is 99.9 Å². The minimum Gasteiger partial charge on any atom is -0.416 e. The van der Waals surface area contributed by atoms with E-state index in [9.17, 15) is 19.2 Å². The van der Waals surface area contributed by atoms with Gasteiger partial charge in [0.2, 0.25) is 23.6 Å². The van der Waals surface area contributed by atoms with E-state index in [-0.39, 0.29) is 23.6 Å². The minimum absolute atomic E-state index is 0.0964. The maximum absolute atomic E-state index is 13.1. The van der Waals surface area contributed by atoms with Crippen molar-refractivity contribution in [3.63, 3.8) is 0 Å². The molecule has 5 heterocycles. The van der Waals surface area contributed by atoms with Gasteiger partial charge in [-0.3, -0.25) is 19.2 Å². The van der Waals surface area contributed by atoms with E-state index in [1.807, 2.05) is 0 Å². The summed E-state index contributed by atoms with van der Waals surface area (Å²) < 4.78 is 17.0. The number of anilines is 2. The third-order valence-corrected chi connectivity index (χ3v) is 9.31. The second-order valence-corrected chi connectivity index (χ2v) is 12.4. The summed E-state index contributed by atoms with van der Waals surface area (Å²) in [4.78, 5) is 55.2. The molecule has 2 N–H and O–H groups in total. The van der Waals surface area contributed by atoms with E-state index < -0.39 is 24.3 Å². The lowest BCUT2D eigenvalue weighted by Gasteiger charge is -2.26. The molecule has 4 atom stereocenters. The lowest BCUT2D eigenvalue weighted by Crippen LogP contribution is -2.47. The van der Waals surface area contributed by atoms with Crippen LogP contribution in [-0.2, 0) is 28.7 Å². The molecule has 0 radical (unpaired) electrons. The van der Waals surface area contributed by atoms with Crippen LogP contribution in [-0.4, -0.2) is 94.2 Å². The van der Waals surface area contributed by atoms with E-state index in [2.05, 4.69) is 20.8 Å². The lowest BCUT2D eigenvalue weighted by molar-refractivity contribution is -0.144. The lowest BCUT2D eigenvalue weighted by atomic mass is 10.1. The van der Waals surface area contributed by atoms with E-state index in [0.29, 0.717) is 86.3 Å². The standard InChI is InChI=1S/C34H38N6O7/c41-29(25-5-1-17-39(25)33(43)27-7-3-19-45-27)35-23-13-9-21(10-14-23)31-37-38-32(47-31)22-11-15-24(16-12-22)36-30(42)26-6-2-18-40(26)34(44)28-8-4-20-46-28/h9-16,25-28H,1-8,17-20H2,(H,35,41)(H,36,42)/t25-,26-,27+,28+/m0/s1. The second kappa shape index (κ2) is 13.6. The molecule has 3 aromatic rings. The number of nitrogens with one attached hydrogen (secondary N) is 2. The summed E-state index contributed by atoms with van der Waals surface area (Å²) in [7, 11) is 0. The number of likely N-dealkylation sites (tertiary alicyclic amines) is 2. The summed E-state index contributed by atoms with van der Waals surface area (Å²) in [5.41, 5.74) is 2.56. The van der Waals surface area contributed by atoms with Gasteiger partial charge in [0.15, 0.2) is 0 Å². The number of benzene rings is 2. The molecule has 4 saturated heterocycles. The zero-order valence-corrected chi connectivity index (χ0v) is 26.1. The van der Waals surface area contributed by atoms with Crippen molar-refractivity contribution >= 4 is 35.0 Å². The number of hydrogen-bond donors (Lipinski definition) is 2. The summed E-state index contributed by atoms with van der Waals surface area (Å²) in [6, 6.07) is 13.1. The Morgan fingerprint density at radius 3 is 1.40 bits per heavy atom. The van der Waals surface area contributed by atoms with E-state index in [1.54, 1.807) is 58.3 Å². The molecule has 0 unspecified atom stereocenters. The maximum atomic E-state index is 13.1. The molecule has 246 valence electrons. The monoisotopic (exact) mass is 642 g/mol. The van der Waals surface area contributed by atoms with Crippen molar-refractivity contribution in [2.75, 3.05) is 36.9 Å². The quantitative estimate of drug-likeness (QED) is 0.375. The number of rotatable bonds is 8. The second-order valence-electron chi connectivity index (χ2n) is 12.4. The predicted molar refractivity (Wildman–Crippen MR) is 170 cm³/mol. The number of carbonyl (C=O) groups is 4. The van der Waals surface area contributed by atoms with Gasteiger partial charge in [0, 0.05) is 48.8 Å². The molecule has 47 heavy (non-hydrogen) atoms. The average molecular weight is 643 g/mol. The van der Waals surface area contributed by atoms with Crippen LogP contribution in [0.1, 0.15) is 51.4 Å². The van der Waals surface area contributed by atoms with Crippen LogP contribution in [0.2, 0.25) is 0 Å². The number of ether oxygens (including phenoxy) is 2. The van der Waals surface area contributed by atoms with Gasteiger partial charge in [-0.25, -0.2) is 0 Å². The third-order valence-electron chi connectivity index (χ3n) is 9.31. The van der Waals surface area contributed by atoms with Crippen LogP contribution in [0.15, 0.2) is 52.9 Å². The molecule has 4 amide bonds. The molecule has 0 bridgehead atoms. The Morgan fingerprint density at radius 1 is 0.596 bits per heavy atom. The SMILES string of the molecule is O=C(Nc1ccc(-c2nnc(-c3ccc(NC(=O)[C@@H]4CCCN4C(=O)[C@H]4CCCO4)cc3)o2)cc1)[C@@H]1CCCN1C(=O)[C@H]1CCCO1. The normalized spacial score (nSPS) is 24.1. The molecule has 1 aromatic heterocycles.